The molecule has 1 atom stereocenters. The molecule has 2 rings (SSSR count). The van der Waals surface area contributed by atoms with Gasteiger partial charge in [0.05, 0.1) is 0 Å². The summed E-state index contributed by atoms with van der Waals surface area (Å²) in [4.78, 5) is 0. The molecule has 0 amide bonds. The molecule has 16 heavy (non-hydrogen) atoms. The number of allylic oxidation sites excluding steroid dienone is 3. The SMILES string of the molecule is C=CC1=C(C=C)Pc2ccccc2N1.CC. The van der Waals surface area contributed by atoms with Crippen LogP contribution in [-0.4, -0.2) is 0 Å². The van der Waals surface area contributed by atoms with Crippen LogP contribution in [0.25, 0.3) is 0 Å². The van der Waals surface area contributed by atoms with E-state index in [0.717, 1.165) is 5.70 Å². The molecule has 0 saturated carbocycles. The lowest BCUT2D eigenvalue weighted by molar-refractivity contribution is 1.47. The summed E-state index contributed by atoms with van der Waals surface area (Å²) >= 11 is 0. The normalized spacial score (nSPS) is 14.4. The van der Waals surface area contributed by atoms with Gasteiger partial charge in [0.2, 0.25) is 0 Å². The van der Waals surface area contributed by atoms with Crippen LogP contribution in [0.15, 0.2) is 60.6 Å². The van der Waals surface area contributed by atoms with Crippen LogP contribution in [0, 0.1) is 0 Å². The fourth-order valence-electron chi connectivity index (χ4n) is 1.45. The number of fused-ring (bicyclic) bond motifs is 1. The molecule has 0 bridgehead atoms. The molecule has 1 heterocycles. The van der Waals surface area contributed by atoms with E-state index in [9.17, 15) is 0 Å². The van der Waals surface area contributed by atoms with Crippen molar-refractivity contribution in [2.24, 2.45) is 0 Å². The summed E-state index contributed by atoms with van der Waals surface area (Å²) in [6.07, 6.45) is 3.75. The van der Waals surface area contributed by atoms with Gasteiger partial charge >= 0.3 is 0 Å². The van der Waals surface area contributed by atoms with E-state index in [1.165, 1.54) is 16.3 Å². The van der Waals surface area contributed by atoms with Crippen molar-refractivity contribution in [3.8, 4) is 0 Å². The highest BCUT2D eigenvalue weighted by atomic mass is 31.1. The minimum Gasteiger partial charge on any atom is -0.354 e. The number of hydrogen-bond acceptors (Lipinski definition) is 1. The van der Waals surface area contributed by atoms with Crippen LogP contribution in [0.4, 0.5) is 5.69 Å². The van der Waals surface area contributed by atoms with Gasteiger partial charge in [-0.05, 0) is 12.1 Å². The van der Waals surface area contributed by atoms with Crippen molar-refractivity contribution in [3.63, 3.8) is 0 Å². The first kappa shape index (κ1) is 12.7. The Hall–Kier alpha value is -1.33. The molecule has 84 valence electrons. The maximum Gasteiger partial charge on any atom is 0.0463 e. The Morgan fingerprint density at radius 2 is 1.81 bits per heavy atom. The molecule has 0 aromatic heterocycles. The van der Waals surface area contributed by atoms with Crippen molar-refractivity contribution in [2.45, 2.75) is 13.8 Å². The Balaban J connectivity index is 0.000000606. The average molecular weight is 231 g/mol. The Morgan fingerprint density at radius 3 is 2.44 bits per heavy atom. The Morgan fingerprint density at radius 1 is 1.12 bits per heavy atom. The Kier molecular flexibility index (Phi) is 5.01. The lowest BCUT2D eigenvalue weighted by Gasteiger charge is -2.21. The molecule has 1 N–H and O–H groups in total. The van der Waals surface area contributed by atoms with Gasteiger partial charge in [-0.2, -0.15) is 0 Å². The van der Waals surface area contributed by atoms with Gasteiger partial charge in [0.15, 0.2) is 0 Å². The molecule has 1 aliphatic heterocycles. The number of anilines is 1. The van der Waals surface area contributed by atoms with Gasteiger partial charge in [-0.1, -0.05) is 59.9 Å². The minimum absolute atomic E-state index is 0.679. The van der Waals surface area contributed by atoms with E-state index in [0.29, 0.717) is 8.58 Å². The summed E-state index contributed by atoms with van der Waals surface area (Å²) in [6, 6.07) is 8.33. The second-order valence-electron chi connectivity index (χ2n) is 3.03. The largest absolute Gasteiger partial charge is 0.354 e. The van der Waals surface area contributed by atoms with Gasteiger partial charge in [-0.3, -0.25) is 0 Å². The quantitative estimate of drug-likeness (QED) is 0.758. The molecule has 0 saturated heterocycles. The second kappa shape index (κ2) is 6.30. The van der Waals surface area contributed by atoms with Crippen LogP contribution in [0.2, 0.25) is 0 Å². The van der Waals surface area contributed by atoms with Gasteiger partial charge in [0, 0.05) is 22.0 Å². The van der Waals surface area contributed by atoms with E-state index in [2.05, 4.69) is 36.7 Å². The van der Waals surface area contributed by atoms with E-state index in [-0.39, 0.29) is 0 Å². The Labute approximate surface area is 99.7 Å². The third-order valence-corrected chi connectivity index (χ3v) is 3.61. The summed E-state index contributed by atoms with van der Waals surface area (Å²) in [6.45, 7) is 11.6. The van der Waals surface area contributed by atoms with Crippen LogP contribution >= 0.6 is 8.58 Å². The van der Waals surface area contributed by atoms with Crippen LogP contribution in [0.1, 0.15) is 13.8 Å². The van der Waals surface area contributed by atoms with E-state index in [4.69, 9.17) is 0 Å². The monoisotopic (exact) mass is 231 g/mol. The van der Waals surface area contributed by atoms with Gasteiger partial charge in [0.1, 0.15) is 0 Å². The number of para-hydroxylation sites is 1. The first-order chi connectivity index (χ1) is 7.85. The van der Waals surface area contributed by atoms with Crippen LogP contribution in [-0.2, 0) is 0 Å². The van der Waals surface area contributed by atoms with E-state index < -0.39 is 0 Å². The van der Waals surface area contributed by atoms with Crippen LogP contribution < -0.4 is 10.6 Å². The first-order valence-corrected chi connectivity index (χ1v) is 6.47. The molecular formula is C14H18NP. The lowest BCUT2D eigenvalue weighted by atomic mass is 10.3. The summed E-state index contributed by atoms with van der Waals surface area (Å²) < 4.78 is 0. The number of hydrogen-bond donors (Lipinski definition) is 1. The first-order valence-electron chi connectivity index (χ1n) is 5.47. The molecule has 2 heteroatoms. The third-order valence-electron chi connectivity index (χ3n) is 2.16. The van der Waals surface area contributed by atoms with E-state index in [1.807, 2.05) is 32.1 Å². The van der Waals surface area contributed by atoms with Gasteiger partial charge < -0.3 is 5.32 Å². The molecular weight excluding hydrogens is 213 g/mol. The summed E-state index contributed by atoms with van der Waals surface area (Å²) in [7, 11) is 0.679. The molecule has 0 aliphatic carbocycles. The van der Waals surface area contributed by atoms with Crippen molar-refractivity contribution in [3.05, 3.63) is 60.6 Å². The molecule has 1 aromatic rings. The zero-order chi connectivity index (χ0) is 12.0. The van der Waals surface area contributed by atoms with Gasteiger partial charge in [0.25, 0.3) is 0 Å². The molecule has 0 spiro atoms. The maximum absolute atomic E-state index is 3.82. The van der Waals surface area contributed by atoms with Crippen LogP contribution in [0.3, 0.4) is 0 Å². The molecule has 1 nitrogen and oxygen atoms in total. The number of rotatable bonds is 2. The smallest absolute Gasteiger partial charge is 0.0463 e. The standard InChI is InChI=1S/C12H12NP.C2H6/c1-3-9-11(4-2)14-12-8-6-5-7-10(12)13-9;1-2/h3-8,13-14H,1-2H2;1-2H3. The number of benzene rings is 1. The van der Waals surface area contributed by atoms with E-state index >= 15 is 0 Å². The van der Waals surface area contributed by atoms with Gasteiger partial charge in [-0.15, -0.1) is 0 Å². The summed E-state index contributed by atoms with van der Waals surface area (Å²) in [5.41, 5.74) is 2.27. The van der Waals surface area contributed by atoms with Crippen molar-refractivity contribution in [2.75, 3.05) is 5.32 Å². The Bertz CT molecular complexity index is 379. The highest BCUT2D eigenvalue weighted by Crippen LogP contribution is 2.34. The average Bonchev–Trinajstić information content (AvgIpc) is 2.39. The van der Waals surface area contributed by atoms with Gasteiger partial charge in [-0.25, -0.2) is 0 Å². The molecule has 1 aromatic carbocycles. The predicted molar refractivity (Wildman–Crippen MR) is 76.8 cm³/mol. The maximum atomic E-state index is 3.82. The predicted octanol–water partition coefficient (Wildman–Crippen LogP) is 4.03. The van der Waals surface area contributed by atoms with Crippen molar-refractivity contribution in [1.29, 1.82) is 0 Å². The molecule has 1 aliphatic rings. The van der Waals surface area contributed by atoms with Crippen molar-refractivity contribution < 1.29 is 0 Å². The second-order valence-corrected chi connectivity index (χ2v) is 4.36. The topological polar surface area (TPSA) is 12.0 Å². The highest BCUT2D eigenvalue weighted by Gasteiger charge is 2.12. The lowest BCUT2D eigenvalue weighted by Crippen LogP contribution is -2.12. The van der Waals surface area contributed by atoms with Crippen LogP contribution in [0.5, 0.6) is 0 Å². The summed E-state index contributed by atoms with van der Waals surface area (Å²) in [5.74, 6) is 0. The fraction of sp³-hybridized carbons (Fsp3) is 0.143. The number of nitrogens with one attached hydrogen (secondary N) is 1. The molecule has 0 fully saturated rings. The zero-order valence-electron chi connectivity index (χ0n) is 9.88. The fourth-order valence-corrected chi connectivity index (χ4v) is 2.60. The summed E-state index contributed by atoms with van der Waals surface area (Å²) in [5, 5.41) is 5.92. The minimum atomic E-state index is 0.679. The van der Waals surface area contributed by atoms with Crippen molar-refractivity contribution >= 4 is 19.6 Å². The highest BCUT2D eigenvalue weighted by molar-refractivity contribution is 7.52. The third kappa shape index (κ3) is 2.62. The molecule has 0 radical (unpaired) electrons. The zero-order valence-corrected chi connectivity index (χ0v) is 10.9. The molecule has 1 unspecified atom stereocenters. The van der Waals surface area contributed by atoms with E-state index in [1.54, 1.807) is 0 Å². The van der Waals surface area contributed by atoms with Crippen molar-refractivity contribution in [1.82, 2.24) is 0 Å².